The molecule has 1 aromatic carbocycles. The third-order valence-electron chi connectivity index (χ3n) is 2.80. The van der Waals surface area contributed by atoms with Gasteiger partial charge in [-0.15, -0.1) is 0 Å². The maximum Gasteiger partial charge on any atom is 0.514 e. The van der Waals surface area contributed by atoms with E-state index in [1.54, 1.807) is 0 Å². The van der Waals surface area contributed by atoms with Gasteiger partial charge in [0.05, 0.1) is 0 Å². The topological polar surface area (TPSA) is 35.5 Å². The molecule has 0 radical (unpaired) electrons. The van der Waals surface area contributed by atoms with Crippen molar-refractivity contribution in [2.75, 3.05) is 0 Å². The van der Waals surface area contributed by atoms with Crippen LogP contribution in [0.25, 0.3) is 6.08 Å². The van der Waals surface area contributed by atoms with Crippen LogP contribution in [0.2, 0.25) is 0 Å². The molecule has 1 atom stereocenters. The number of carbonyl (C=O) groups excluding carboxylic acids is 1. The molecule has 1 saturated heterocycles. The molecule has 0 bridgehead atoms. The minimum absolute atomic E-state index is 0.575. The van der Waals surface area contributed by atoms with Crippen molar-refractivity contribution in [3.05, 3.63) is 41.7 Å². The van der Waals surface area contributed by atoms with Gasteiger partial charge in [-0.2, -0.15) is 0 Å². The van der Waals surface area contributed by atoms with E-state index in [0.29, 0.717) is 12.2 Å². The van der Waals surface area contributed by atoms with Crippen LogP contribution < -0.4 is 0 Å². The number of benzene rings is 1. The van der Waals surface area contributed by atoms with Crippen molar-refractivity contribution in [3.63, 3.8) is 0 Å². The Bertz CT molecular complexity index is 422. The zero-order valence-corrected chi connectivity index (χ0v) is 9.40. The Hall–Kier alpha value is -1.77. The first-order valence-corrected chi connectivity index (χ1v) is 5.32. The predicted octanol–water partition coefficient (Wildman–Crippen LogP) is 3.36. The fourth-order valence-electron chi connectivity index (χ4n) is 1.58. The molecule has 0 saturated carbocycles. The van der Waals surface area contributed by atoms with E-state index >= 15 is 0 Å². The summed E-state index contributed by atoms with van der Waals surface area (Å²) >= 11 is 0. The van der Waals surface area contributed by atoms with Gasteiger partial charge in [0, 0.05) is 0 Å². The van der Waals surface area contributed by atoms with Gasteiger partial charge in [0.15, 0.2) is 11.4 Å². The van der Waals surface area contributed by atoms with E-state index in [-0.39, 0.29) is 0 Å². The molecule has 0 N–H and O–H groups in total. The lowest BCUT2D eigenvalue weighted by molar-refractivity contribution is 0.0747. The van der Waals surface area contributed by atoms with Gasteiger partial charge in [-0.3, -0.25) is 0 Å². The van der Waals surface area contributed by atoms with Crippen LogP contribution in [0, 0.1) is 0 Å². The van der Waals surface area contributed by atoms with Crippen molar-refractivity contribution < 1.29 is 14.3 Å². The van der Waals surface area contributed by atoms with Gasteiger partial charge in [-0.1, -0.05) is 37.3 Å². The van der Waals surface area contributed by atoms with Gasteiger partial charge >= 0.3 is 6.16 Å². The summed E-state index contributed by atoms with van der Waals surface area (Å²) in [6.07, 6.45) is 1.91. The zero-order valence-electron chi connectivity index (χ0n) is 9.40. The standard InChI is InChI=1S/C13H14O3/c1-3-13(2)11(15-12(14)16-13)9-10-7-5-4-6-8-10/h4-9H,3H2,1-2H3/b11-9+. The fraction of sp³-hybridized carbons (Fsp3) is 0.308. The Morgan fingerprint density at radius 2 is 2.00 bits per heavy atom. The highest BCUT2D eigenvalue weighted by Gasteiger charge is 2.41. The lowest BCUT2D eigenvalue weighted by Gasteiger charge is -2.18. The second-order valence-electron chi connectivity index (χ2n) is 3.96. The van der Waals surface area contributed by atoms with E-state index < -0.39 is 11.8 Å². The number of ether oxygens (including phenoxy) is 2. The molecule has 16 heavy (non-hydrogen) atoms. The molecule has 84 valence electrons. The van der Waals surface area contributed by atoms with Gasteiger partial charge in [-0.25, -0.2) is 4.79 Å². The quantitative estimate of drug-likeness (QED) is 0.714. The lowest BCUT2D eigenvalue weighted by atomic mass is 9.99. The molecular formula is C13H14O3. The third kappa shape index (κ3) is 1.94. The van der Waals surface area contributed by atoms with E-state index in [4.69, 9.17) is 9.47 Å². The van der Waals surface area contributed by atoms with E-state index in [2.05, 4.69) is 0 Å². The summed E-state index contributed by atoms with van der Waals surface area (Å²) in [5.74, 6) is 0.575. The summed E-state index contributed by atoms with van der Waals surface area (Å²) in [7, 11) is 0. The van der Waals surface area contributed by atoms with Crippen LogP contribution in [-0.2, 0) is 9.47 Å². The SMILES string of the molecule is CCC1(C)OC(=O)O/C1=C/c1ccccc1. The Balaban J connectivity index is 2.33. The largest absolute Gasteiger partial charge is 0.514 e. The highest BCUT2D eigenvalue weighted by Crippen LogP contribution is 2.34. The zero-order chi connectivity index (χ0) is 11.6. The first-order valence-electron chi connectivity index (χ1n) is 5.32. The molecule has 0 aromatic heterocycles. The van der Waals surface area contributed by atoms with Crippen molar-refractivity contribution in [2.24, 2.45) is 0 Å². The second kappa shape index (κ2) is 4.00. The number of hydrogen-bond donors (Lipinski definition) is 0. The number of rotatable bonds is 2. The summed E-state index contributed by atoms with van der Waals surface area (Å²) in [5.41, 5.74) is 0.364. The second-order valence-corrected chi connectivity index (χ2v) is 3.96. The smallest absolute Gasteiger partial charge is 0.419 e. The van der Waals surface area contributed by atoms with Crippen molar-refractivity contribution in [2.45, 2.75) is 25.9 Å². The van der Waals surface area contributed by atoms with Gasteiger partial charge in [0.1, 0.15) is 0 Å². The highest BCUT2D eigenvalue weighted by molar-refractivity contribution is 5.70. The summed E-state index contributed by atoms with van der Waals surface area (Å²) in [5, 5.41) is 0. The molecule has 1 aliphatic heterocycles. The Morgan fingerprint density at radius 3 is 2.62 bits per heavy atom. The van der Waals surface area contributed by atoms with Crippen LogP contribution in [0.4, 0.5) is 4.79 Å². The van der Waals surface area contributed by atoms with Crippen molar-refractivity contribution in [1.29, 1.82) is 0 Å². The van der Waals surface area contributed by atoms with E-state index in [1.165, 1.54) is 0 Å². The Labute approximate surface area is 94.7 Å². The number of cyclic esters (lactones) is 2. The molecule has 1 unspecified atom stereocenters. The van der Waals surface area contributed by atoms with Gasteiger partial charge in [0.2, 0.25) is 0 Å². The van der Waals surface area contributed by atoms with E-state index in [0.717, 1.165) is 5.56 Å². The summed E-state index contributed by atoms with van der Waals surface area (Å²) < 4.78 is 10.2. The molecule has 0 amide bonds. The van der Waals surface area contributed by atoms with E-state index in [9.17, 15) is 4.79 Å². The van der Waals surface area contributed by atoms with Crippen LogP contribution in [0.3, 0.4) is 0 Å². The molecule has 3 heteroatoms. The Kier molecular flexibility index (Phi) is 2.69. The van der Waals surface area contributed by atoms with Gasteiger partial charge < -0.3 is 9.47 Å². The fourth-order valence-corrected chi connectivity index (χ4v) is 1.58. The molecule has 1 fully saturated rings. The van der Waals surface area contributed by atoms with Crippen molar-refractivity contribution >= 4 is 12.2 Å². The molecule has 3 nitrogen and oxygen atoms in total. The average molecular weight is 218 g/mol. The summed E-state index contributed by atoms with van der Waals surface area (Å²) in [6.45, 7) is 3.81. The highest BCUT2D eigenvalue weighted by atomic mass is 16.8. The monoisotopic (exact) mass is 218 g/mol. The first-order chi connectivity index (χ1) is 7.64. The molecular weight excluding hydrogens is 204 g/mol. The van der Waals surface area contributed by atoms with Crippen LogP contribution in [0.1, 0.15) is 25.8 Å². The van der Waals surface area contributed by atoms with Crippen LogP contribution in [-0.4, -0.2) is 11.8 Å². The summed E-state index contributed by atoms with van der Waals surface area (Å²) in [4.78, 5) is 11.1. The van der Waals surface area contributed by atoms with Gasteiger partial charge in [-0.05, 0) is 25.0 Å². The van der Waals surface area contributed by atoms with Crippen LogP contribution in [0.15, 0.2) is 36.1 Å². The number of carbonyl (C=O) groups is 1. The first kappa shape index (κ1) is 10.7. The van der Waals surface area contributed by atoms with Crippen LogP contribution in [0.5, 0.6) is 0 Å². The molecule has 1 aliphatic rings. The predicted molar refractivity (Wildman–Crippen MR) is 60.7 cm³/mol. The normalized spacial score (nSPS) is 26.6. The van der Waals surface area contributed by atoms with Crippen molar-refractivity contribution in [3.8, 4) is 0 Å². The maximum atomic E-state index is 11.1. The average Bonchev–Trinajstić information content (AvgIpc) is 2.56. The molecule has 0 spiro atoms. The number of hydrogen-bond acceptors (Lipinski definition) is 3. The molecule has 2 rings (SSSR count). The lowest BCUT2D eigenvalue weighted by Crippen LogP contribution is -2.24. The van der Waals surface area contributed by atoms with E-state index in [1.807, 2.05) is 50.3 Å². The molecule has 1 aromatic rings. The Morgan fingerprint density at radius 1 is 1.31 bits per heavy atom. The minimum Gasteiger partial charge on any atom is -0.419 e. The van der Waals surface area contributed by atoms with Crippen molar-refractivity contribution in [1.82, 2.24) is 0 Å². The third-order valence-corrected chi connectivity index (χ3v) is 2.80. The maximum absolute atomic E-state index is 11.1. The van der Waals surface area contributed by atoms with Crippen LogP contribution >= 0.6 is 0 Å². The minimum atomic E-state index is -0.632. The molecule has 1 heterocycles. The van der Waals surface area contributed by atoms with Gasteiger partial charge in [0.25, 0.3) is 0 Å². The molecule has 0 aliphatic carbocycles. The summed E-state index contributed by atoms with van der Waals surface area (Å²) in [6, 6.07) is 9.73.